The second-order valence-electron chi connectivity index (χ2n) is 6.24. The molecular weight excluding hydrogens is 407 g/mol. The predicted octanol–water partition coefficient (Wildman–Crippen LogP) is 5.91. The molecule has 0 aromatic heterocycles. The number of halogens is 2. The Bertz CT molecular complexity index is 1030. The van der Waals surface area contributed by atoms with Crippen molar-refractivity contribution < 1.29 is 18.6 Å². The monoisotopic (exact) mass is 428 g/mol. The van der Waals surface area contributed by atoms with Gasteiger partial charge in [0, 0.05) is 5.56 Å². The number of nitrogens with zero attached hydrogens (tertiary/aromatic N) is 1. The third-order valence-corrected chi connectivity index (χ3v) is 4.46. The Morgan fingerprint density at radius 3 is 2.53 bits per heavy atom. The van der Waals surface area contributed by atoms with Crippen LogP contribution in [0.1, 0.15) is 18.1 Å². The highest BCUT2D eigenvalue weighted by atomic mass is 35.5. The summed E-state index contributed by atoms with van der Waals surface area (Å²) >= 11 is 6.11. The number of rotatable bonds is 9. The SMILES string of the molecule is CCOc1cc(/C=N/Nc2ccc(OC)c(Cl)c2)ccc1OCc1ccccc1F. The van der Waals surface area contributed by atoms with E-state index in [9.17, 15) is 4.39 Å². The number of hydrazone groups is 1. The highest BCUT2D eigenvalue weighted by molar-refractivity contribution is 6.32. The Morgan fingerprint density at radius 2 is 1.80 bits per heavy atom. The minimum atomic E-state index is -0.302. The molecule has 0 aliphatic heterocycles. The molecule has 0 saturated heterocycles. The summed E-state index contributed by atoms with van der Waals surface area (Å²) in [5, 5.41) is 4.72. The van der Waals surface area contributed by atoms with E-state index in [0.29, 0.717) is 34.4 Å². The van der Waals surface area contributed by atoms with Gasteiger partial charge in [-0.1, -0.05) is 29.8 Å². The summed E-state index contributed by atoms with van der Waals surface area (Å²) < 4.78 is 30.4. The fraction of sp³-hybridized carbons (Fsp3) is 0.174. The van der Waals surface area contributed by atoms with Crippen LogP contribution in [0.15, 0.2) is 65.8 Å². The van der Waals surface area contributed by atoms with Gasteiger partial charge < -0.3 is 14.2 Å². The van der Waals surface area contributed by atoms with E-state index >= 15 is 0 Å². The normalized spacial score (nSPS) is 10.8. The van der Waals surface area contributed by atoms with Gasteiger partial charge in [0.05, 0.1) is 30.6 Å². The summed E-state index contributed by atoms with van der Waals surface area (Å²) in [7, 11) is 1.56. The average molecular weight is 429 g/mol. The van der Waals surface area contributed by atoms with E-state index in [1.807, 2.05) is 25.1 Å². The lowest BCUT2D eigenvalue weighted by Crippen LogP contribution is -2.02. The number of anilines is 1. The third-order valence-electron chi connectivity index (χ3n) is 4.17. The molecule has 0 aliphatic rings. The molecule has 0 saturated carbocycles. The van der Waals surface area contributed by atoms with E-state index in [1.165, 1.54) is 6.07 Å². The second kappa shape index (κ2) is 10.5. The van der Waals surface area contributed by atoms with Crippen molar-refractivity contribution in [2.45, 2.75) is 13.5 Å². The molecule has 30 heavy (non-hydrogen) atoms. The van der Waals surface area contributed by atoms with Gasteiger partial charge in [-0.2, -0.15) is 5.10 Å². The average Bonchev–Trinajstić information content (AvgIpc) is 2.74. The summed E-state index contributed by atoms with van der Waals surface area (Å²) in [6.07, 6.45) is 1.65. The van der Waals surface area contributed by atoms with Crippen molar-refractivity contribution in [3.8, 4) is 17.2 Å². The Labute approximate surface area is 180 Å². The van der Waals surface area contributed by atoms with E-state index in [4.69, 9.17) is 25.8 Å². The number of hydrogen-bond acceptors (Lipinski definition) is 5. The maximum Gasteiger partial charge on any atom is 0.161 e. The zero-order chi connectivity index (χ0) is 21.3. The third kappa shape index (κ3) is 5.64. The zero-order valence-corrected chi connectivity index (χ0v) is 17.4. The molecule has 0 atom stereocenters. The van der Waals surface area contributed by atoms with Crippen LogP contribution in [0, 0.1) is 5.82 Å². The molecule has 0 aliphatic carbocycles. The first kappa shape index (κ1) is 21.5. The van der Waals surface area contributed by atoms with E-state index in [0.717, 1.165) is 11.3 Å². The summed E-state index contributed by atoms with van der Waals surface area (Å²) in [6, 6.07) is 17.2. The number of hydrogen-bond donors (Lipinski definition) is 1. The first-order valence-corrected chi connectivity index (χ1v) is 9.74. The molecule has 0 amide bonds. The van der Waals surface area contributed by atoms with Crippen LogP contribution < -0.4 is 19.6 Å². The van der Waals surface area contributed by atoms with Gasteiger partial charge in [-0.15, -0.1) is 0 Å². The van der Waals surface area contributed by atoms with Crippen molar-refractivity contribution in [3.63, 3.8) is 0 Å². The Kier molecular flexibility index (Phi) is 7.51. The first-order valence-electron chi connectivity index (χ1n) is 9.36. The Hall–Kier alpha value is -3.25. The van der Waals surface area contributed by atoms with Crippen molar-refractivity contribution in [3.05, 3.63) is 82.6 Å². The Balaban J connectivity index is 1.68. The molecule has 1 N–H and O–H groups in total. The van der Waals surface area contributed by atoms with E-state index in [-0.39, 0.29) is 12.4 Å². The molecule has 0 heterocycles. The Morgan fingerprint density at radius 1 is 1.00 bits per heavy atom. The van der Waals surface area contributed by atoms with E-state index in [2.05, 4.69) is 10.5 Å². The molecular formula is C23H22ClFN2O3. The van der Waals surface area contributed by atoms with Crippen molar-refractivity contribution in [1.82, 2.24) is 0 Å². The van der Waals surface area contributed by atoms with Crippen LogP contribution in [-0.2, 0) is 6.61 Å². The summed E-state index contributed by atoms with van der Waals surface area (Å²) in [5.41, 5.74) is 4.94. The largest absolute Gasteiger partial charge is 0.495 e. The van der Waals surface area contributed by atoms with Crippen LogP contribution in [0.2, 0.25) is 5.02 Å². The van der Waals surface area contributed by atoms with Gasteiger partial charge in [-0.05, 0) is 55.0 Å². The van der Waals surface area contributed by atoms with Crippen LogP contribution in [0.4, 0.5) is 10.1 Å². The number of benzene rings is 3. The van der Waals surface area contributed by atoms with Gasteiger partial charge in [0.25, 0.3) is 0 Å². The van der Waals surface area contributed by atoms with Gasteiger partial charge in [-0.3, -0.25) is 5.43 Å². The molecule has 0 bridgehead atoms. The summed E-state index contributed by atoms with van der Waals surface area (Å²) in [6.45, 7) is 2.47. The minimum Gasteiger partial charge on any atom is -0.495 e. The van der Waals surface area contributed by atoms with Gasteiger partial charge in [0.15, 0.2) is 11.5 Å². The van der Waals surface area contributed by atoms with Crippen molar-refractivity contribution in [2.24, 2.45) is 5.10 Å². The van der Waals surface area contributed by atoms with E-state index < -0.39 is 0 Å². The van der Waals surface area contributed by atoms with Crippen molar-refractivity contribution in [2.75, 3.05) is 19.1 Å². The highest BCUT2D eigenvalue weighted by Crippen LogP contribution is 2.29. The fourth-order valence-electron chi connectivity index (χ4n) is 2.68. The zero-order valence-electron chi connectivity index (χ0n) is 16.7. The van der Waals surface area contributed by atoms with Crippen LogP contribution in [0.3, 0.4) is 0 Å². The molecule has 3 rings (SSSR count). The molecule has 3 aromatic rings. The van der Waals surface area contributed by atoms with Crippen LogP contribution >= 0.6 is 11.6 Å². The minimum absolute atomic E-state index is 0.111. The maximum atomic E-state index is 13.8. The molecule has 3 aromatic carbocycles. The fourth-order valence-corrected chi connectivity index (χ4v) is 2.94. The summed E-state index contributed by atoms with van der Waals surface area (Å²) in [5.74, 6) is 1.39. The molecule has 5 nitrogen and oxygen atoms in total. The smallest absolute Gasteiger partial charge is 0.161 e. The van der Waals surface area contributed by atoms with Gasteiger partial charge in [-0.25, -0.2) is 4.39 Å². The van der Waals surface area contributed by atoms with E-state index in [1.54, 1.807) is 49.7 Å². The lowest BCUT2D eigenvalue weighted by molar-refractivity contribution is 0.266. The number of nitrogens with one attached hydrogen (secondary N) is 1. The number of methoxy groups -OCH3 is 1. The van der Waals surface area contributed by atoms with Crippen LogP contribution in [-0.4, -0.2) is 19.9 Å². The standard InChI is InChI=1S/C23H22ClFN2O3/c1-3-29-23-12-16(14-26-27-18-9-11-21(28-2)19(24)13-18)8-10-22(23)30-15-17-6-4-5-7-20(17)25/h4-14,27H,3,15H2,1-2H3/b26-14+. The van der Waals surface area contributed by atoms with Gasteiger partial charge in [0.2, 0.25) is 0 Å². The van der Waals surface area contributed by atoms with Gasteiger partial charge >= 0.3 is 0 Å². The first-order chi connectivity index (χ1) is 14.6. The molecule has 0 fully saturated rings. The predicted molar refractivity (Wildman–Crippen MR) is 118 cm³/mol. The lowest BCUT2D eigenvalue weighted by atomic mass is 10.2. The highest BCUT2D eigenvalue weighted by Gasteiger charge is 2.08. The van der Waals surface area contributed by atoms with Crippen LogP contribution in [0.25, 0.3) is 0 Å². The topological polar surface area (TPSA) is 52.1 Å². The van der Waals surface area contributed by atoms with Gasteiger partial charge in [0.1, 0.15) is 18.2 Å². The number of ether oxygens (including phenoxy) is 3. The molecule has 7 heteroatoms. The molecule has 0 spiro atoms. The van der Waals surface area contributed by atoms with Crippen LogP contribution in [0.5, 0.6) is 17.2 Å². The van der Waals surface area contributed by atoms with Crippen molar-refractivity contribution in [1.29, 1.82) is 0 Å². The quantitative estimate of drug-likeness (QED) is 0.340. The lowest BCUT2D eigenvalue weighted by Gasteiger charge is -2.13. The summed E-state index contributed by atoms with van der Waals surface area (Å²) in [4.78, 5) is 0. The maximum absolute atomic E-state index is 13.8. The molecule has 0 radical (unpaired) electrons. The molecule has 0 unspecified atom stereocenters. The second-order valence-corrected chi connectivity index (χ2v) is 6.65. The molecule has 156 valence electrons. The van der Waals surface area contributed by atoms with Crippen molar-refractivity contribution >= 4 is 23.5 Å².